The van der Waals surface area contributed by atoms with Gasteiger partial charge in [0.2, 0.25) is 35.4 Å². The maximum absolute atomic E-state index is 13.6. The summed E-state index contributed by atoms with van der Waals surface area (Å²) in [6.07, 6.45) is -1.64. The van der Waals surface area contributed by atoms with Gasteiger partial charge in [0, 0.05) is 6.54 Å². The molecule has 1 aromatic rings. The Labute approximate surface area is 276 Å². The monoisotopic (exact) mass is 679 g/mol. The van der Waals surface area contributed by atoms with Crippen molar-refractivity contribution in [2.45, 2.75) is 88.8 Å². The maximum atomic E-state index is 13.6. The SMILES string of the molecule is CC(C)[C@H](NC(=O)[C@H](CO)NC(=O)[C@@H](NC(=O)[C@@H]1CCCN1C(=O)[C@H](CC(N)=O)NC(=O)[C@@H](N)Cc1ccc(O)cc1)[C@@H](C)O)C(=O)O. The number of aliphatic hydroxyl groups is 2. The number of amides is 6. The predicted octanol–water partition coefficient (Wildman–Crippen LogP) is -3.82. The number of benzene rings is 1. The number of hydrogen-bond acceptors (Lipinski definition) is 11. The molecule has 1 aliphatic rings. The molecule has 6 amide bonds. The molecule has 0 saturated carbocycles. The first-order chi connectivity index (χ1) is 22.5. The lowest BCUT2D eigenvalue weighted by molar-refractivity contribution is -0.144. The molecule has 0 aromatic heterocycles. The summed E-state index contributed by atoms with van der Waals surface area (Å²) in [5, 5.41) is 47.9. The van der Waals surface area contributed by atoms with Crippen molar-refractivity contribution in [3.05, 3.63) is 29.8 Å². The number of carbonyl (C=O) groups excluding carboxylic acids is 6. The molecule has 18 nitrogen and oxygen atoms in total. The van der Waals surface area contributed by atoms with Crippen LogP contribution in [0.5, 0.6) is 5.75 Å². The Balaban J connectivity index is 2.14. The molecular weight excluding hydrogens is 634 g/mol. The Kier molecular flexibility index (Phi) is 14.7. The highest BCUT2D eigenvalue weighted by Gasteiger charge is 2.40. The molecule has 1 heterocycles. The number of carboxylic acids is 1. The van der Waals surface area contributed by atoms with E-state index in [1.807, 2.05) is 0 Å². The Bertz CT molecular complexity index is 1340. The van der Waals surface area contributed by atoms with Crippen LogP contribution in [0.1, 0.15) is 45.6 Å². The number of aliphatic carboxylic acids is 1. The molecule has 266 valence electrons. The van der Waals surface area contributed by atoms with E-state index in [-0.39, 0.29) is 25.1 Å². The average Bonchev–Trinajstić information content (AvgIpc) is 3.50. The minimum absolute atomic E-state index is 0.0167. The lowest BCUT2D eigenvalue weighted by Gasteiger charge is -2.30. The number of carboxylic acid groups (broad SMARTS) is 1. The van der Waals surface area contributed by atoms with Crippen molar-refractivity contribution in [1.82, 2.24) is 26.2 Å². The molecule has 1 aromatic carbocycles. The molecule has 0 spiro atoms. The quantitative estimate of drug-likeness (QED) is 0.0758. The van der Waals surface area contributed by atoms with Crippen molar-refractivity contribution in [3.8, 4) is 5.75 Å². The Morgan fingerprint density at radius 2 is 1.50 bits per heavy atom. The van der Waals surface area contributed by atoms with Crippen LogP contribution >= 0.6 is 0 Å². The third-order valence-corrected chi connectivity index (χ3v) is 7.70. The van der Waals surface area contributed by atoms with Gasteiger partial charge in [-0.2, -0.15) is 0 Å². The highest BCUT2D eigenvalue weighted by molar-refractivity contribution is 5.98. The Morgan fingerprint density at radius 3 is 2.02 bits per heavy atom. The summed E-state index contributed by atoms with van der Waals surface area (Å²) in [6.45, 7) is 3.37. The molecule has 1 fully saturated rings. The molecule has 0 aliphatic carbocycles. The molecule has 0 unspecified atom stereocenters. The van der Waals surface area contributed by atoms with Crippen LogP contribution in [0.3, 0.4) is 0 Å². The zero-order chi connectivity index (χ0) is 36.3. The highest BCUT2D eigenvalue weighted by atomic mass is 16.4. The molecule has 48 heavy (non-hydrogen) atoms. The normalized spacial score (nSPS) is 18.1. The lowest BCUT2D eigenvalue weighted by atomic mass is 10.0. The number of nitrogens with zero attached hydrogens (tertiary/aromatic N) is 1. The number of hydrogen-bond donors (Lipinski definition) is 10. The van der Waals surface area contributed by atoms with Gasteiger partial charge in [-0.1, -0.05) is 26.0 Å². The largest absolute Gasteiger partial charge is 0.508 e. The number of nitrogens with two attached hydrogens (primary N) is 2. The summed E-state index contributed by atoms with van der Waals surface area (Å²) < 4.78 is 0. The van der Waals surface area contributed by atoms with Crippen molar-refractivity contribution in [2.75, 3.05) is 13.2 Å². The molecule has 2 rings (SSSR count). The summed E-state index contributed by atoms with van der Waals surface area (Å²) >= 11 is 0. The van der Waals surface area contributed by atoms with Gasteiger partial charge in [0.05, 0.1) is 25.2 Å². The minimum Gasteiger partial charge on any atom is -0.508 e. The first-order valence-corrected chi connectivity index (χ1v) is 15.3. The lowest BCUT2D eigenvalue weighted by Crippen LogP contribution is -2.61. The molecule has 18 heteroatoms. The first-order valence-electron chi connectivity index (χ1n) is 15.3. The molecule has 7 atom stereocenters. The van der Waals surface area contributed by atoms with Crippen LogP contribution in [-0.2, 0) is 40.0 Å². The zero-order valence-electron chi connectivity index (χ0n) is 26.9. The minimum atomic E-state index is -1.67. The van der Waals surface area contributed by atoms with Gasteiger partial charge in [-0.25, -0.2) is 4.79 Å². The van der Waals surface area contributed by atoms with E-state index in [0.717, 1.165) is 4.90 Å². The molecular formula is C30H45N7O11. The Morgan fingerprint density at radius 1 is 0.896 bits per heavy atom. The number of aromatic hydroxyl groups is 1. The number of likely N-dealkylation sites (tertiary alicyclic amines) is 1. The second-order valence-electron chi connectivity index (χ2n) is 11.9. The fourth-order valence-corrected chi connectivity index (χ4v) is 5.04. The van der Waals surface area contributed by atoms with Crippen LogP contribution < -0.4 is 32.7 Å². The second kappa shape index (κ2) is 17.9. The molecule has 0 radical (unpaired) electrons. The van der Waals surface area contributed by atoms with Gasteiger partial charge in [-0.15, -0.1) is 0 Å². The number of nitrogens with one attached hydrogen (secondary N) is 4. The van der Waals surface area contributed by atoms with Gasteiger partial charge >= 0.3 is 5.97 Å². The third kappa shape index (κ3) is 11.2. The molecule has 12 N–H and O–H groups in total. The number of carbonyl (C=O) groups is 7. The standard InChI is InChI=1S/C30H45N7O11/c1-14(2)23(30(47)48)35-26(43)20(13-38)34-28(45)24(15(3)39)36-27(44)21-5-4-10-37(21)29(46)19(12-22(32)41)33-25(42)18(31)11-16-6-8-17(40)9-7-16/h6-9,14-15,18-21,23-24,38-40H,4-5,10-13,31H2,1-3H3,(H2,32,41)(H,33,42)(H,34,45)(H,35,43)(H,36,44)(H,47,48)/t15-,18+,19+,20+,21+,23+,24+/m1/s1. The van der Waals surface area contributed by atoms with E-state index in [2.05, 4.69) is 21.3 Å². The fraction of sp³-hybridized carbons (Fsp3) is 0.567. The third-order valence-electron chi connectivity index (χ3n) is 7.70. The number of phenolic OH excluding ortho intramolecular Hbond substituents is 1. The number of rotatable bonds is 17. The fourth-order valence-electron chi connectivity index (χ4n) is 5.04. The van der Waals surface area contributed by atoms with Crippen LogP contribution in [-0.4, -0.2) is 122 Å². The van der Waals surface area contributed by atoms with E-state index in [1.54, 1.807) is 26.0 Å². The van der Waals surface area contributed by atoms with Gasteiger partial charge in [0.1, 0.15) is 36.0 Å². The summed E-state index contributed by atoms with van der Waals surface area (Å²) in [5.74, 6) is -7.32. The van der Waals surface area contributed by atoms with Crippen molar-refractivity contribution in [1.29, 1.82) is 0 Å². The van der Waals surface area contributed by atoms with Crippen molar-refractivity contribution < 1.29 is 54.0 Å². The van der Waals surface area contributed by atoms with Gasteiger partial charge in [0.25, 0.3) is 0 Å². The van der Waals surface area contributed by atoms with Gasteiger partial charge < -0.3 is 58.1 Å². The van der Waals surface area contributed by atoms with Crippen LogP contribution in [0.2, 0.25) is 0 Å². The van der Waals surface area contributed by atoms with E-state index < -0.39 is 103 Å². The number of primary amides is 1. The second-order valence-corrected chi connectivity index (χ2v) is 11.9. The van der Waals surface area contributed by atoms with Crippen molar-refractivity contribution >= 4 is 41.4 Å². The van der Waals surface area contributed by atoms with Gasteiger partial charge in [-0.05, 0) is 49.8 Å². The molecule has 1 saturated heterocycles. The van der Waals surface area contributed by atoms with Crippen LogP contribution in [0.15, 0.2) is 24.3 Å². The molecule has 0 bridgehead atoms. The number of aliphatic hydroxyl groups excluding tert-OH is 2. The predicted molar refractivity (Wildman–Crippen MR) is 167 cm³/mol. The van der Waals surface area contributed by atoms with E-state index in [1.165, 1.54) is 19.1 Å². The van der Waals surface area contributed by atoms with Crippen molar-refractivity contribution in [2.24, 2.45) is 17.4 Å². The van der Waals surface area contributed by atoms with Crippen LogP contribution in [0, 0.1) is 5.92 Å². The molecule has 1 aliphatic heterocycles. The van der Waals surface area contributed by atoms with Crippen LogP contribution in [0.4, 0.5) is 0 Å². The smallest absolute Gasteiger partial charge is 0.326 e. The highest BCUT2D eigenvalue weighted by Crippen LogP contribution is 2.20. The maximum Gasteiger partial charge on any atom is 0.326 e. The van der Waals surface area contributed by atoms with Gasteiger partial charge in [0.15, 0.2) is 0 Å². The van der Waals surface area contributed by atoms with Gasteiger partial charge in [-0.3, -0.25) is 28.8 Å². The summed E-state index contributed by atoms with van der Waals surface area (Å²) in [6, 6.07) is -2.49. The average molecular weight is 680 g/mol. The summed E-state index contributed by atoms with van der Waals surface area (Å²) in [7, 11) is 0. The van der Waals surface area contributed by atoms with E-state index >= 15 is 0 Å². The number of phenols is 1. The first kappa shape index (κ1) is 39.4. The topological polar surface area (TPSA) is 304 Å². The summed E-state index contributed by atoms with van der Waals surface area (Å²) in [5.41, 5.74) is 12.0. The van der Waals surface area contributed by atoms with Crippen LogP contribution in [0.25, 0.3) is 0 Å². The summed E-state index contributed by atoms with van der Waals surface area (Å²) in [4.78, 5) is 89.8. The van der Waals surface area contributed by atoms with Crippen molar-refractivity contribution in [3.63, 3.8) is 0 Å². The zero-order valence-corrected chi connectivity index (χ0v) is 26.9. The van der Waals surface area contributed by atoms with E-state index in [9.17, 15) is 54.0 Å². The van der Waals surface area contributed by atoms with E-state index in [4.69, 9.17) is 11.5 Å². The Hall–Kier alpha value is -4.81. The van der Waals surface area contributed by atoms with E-state index in [0.29, 0.717) is 12.0 Å².